The van der Waals surface area contributed by atoms with Crippen LogP contribution in [0.5, 0.6) is 5.75 Å². The smallest absolute Gasteiger partial charge is 0.254 e. The van der Waals surface area contributed by atoms with Gasteiger partial charge in [0.25, 0.3) is 5.56 Å². The summed E-state index contributed by atoms with van der Waals surface area (Å²) in [5.74, 6) is 0.469. The molecule has 3 rings (SSSR count). The molecule has 2 N–H and O–H groups in total. The van der Waals surface area contributed by atoms with E-state index < -0.39 is 10.0 Å². The SMILES string of the molecule is CCOc1ccc(NC(=O)CCc2c(C)nc(C)[nH]c2=O)cc1S(=O)(=O)N1CCCCC1. The Morgan fingerprint density at radius 2 is 1.94 bits per heavy atom. The molecule has 1 fully saturated rings. The van der Waals surface area contributed by atoms with Gasteiger partial charge in [0.1, 0.15) is 16.5 Å². The van der Waals surface area contributed by atoms with Crippen molar-refractivity contribution in [1.82, 2.24) is 14.3 Å². The van der Waals surface area contributed by atoms with Gasteiger partial charge in [-0.25, -0.2) is 13.4 Å². The topological polar surface area (TPSA) is 121 Å². The number of aromatic amines is 1. The fourth-order valence-corrected chi connectivity index (χ4v) is 5.49. The first-order chi connectivity index (χ1) is 15.2. The molecular formula is C22H30N4O5S. The number of benzene rings is 1. The number of hydrogen-bond acceptors (Lipinski definition) is 6. The van der Waals surface area contributed by atoms with Gasteiger partial charge in [0.2, 0.25) is 15.9 Å². The number of hydrogen-bond donors (Lipinski definition) is 2. The highest BCUT2D eigenvalue weighted by atomic mass is 32.2. The van der Waals surface area contributed by atoms with Crippen LogP contribution in [0.3, 0.4) is 0 Å². The van der Waals surface area contributed by atoms with Gasteiger partial charge < -0.3 is 15.0 Å². The Balaban J connectivity index is 1.77. The van der Waals surface area contributed by atoms with E-state index in [4.69, 9.17) is 4.74 Å². The van der Waals surface area contributed by atoms with Gasteiger partial charge in [0.05, 0.1) is 6.61 Å². The normalized spacial score (nSPS) is 14.8. The van der Waals surface area contributed by atoms with Crippen LogP contribution >= 0.6 is 0 Å². The van der Waals surface area contributed by atoms with Crippen molar-refractivity contribution in [2.75, 3.05) is 25.0 Å². The number of piperidine rings is 1. The van der Waals surface area contributed by atoms with E-state index in [1.165, 1.54) is 10.4 Å². The van der Waals surface area contributed by atoms with Crippen LogP contribution in [0.2, 0.25) is 0 Å². The Morgan fingerprint density at radius 1 is 1.22 bits per heavy atom. The summed E-state index contributed by atoms with van der Waals surface area (Å²) in [7, 11) is -3.74. The third-order valence-electron chi connectivity index (χ3n) is 5.40. The Morgan fingerprint density at radius 3 is 2.59 bits per heavy atom. The van der Waals surface area contributed by atoms with E-state index in [1.807, 2.05) is 0 Å². The molecule has 1 aliphatic heterocycles. The van der Waals surface area contributed by atoms with Crippen LogP contribution in [0.1, 0.15) is 49.7 Å². The minimum Gasteiger partial charge on any atom is -0.492 e. The maximum Gasteiger partial charge on any atom is 0.254 e. The number of carbonyl (C=O) groups is 1. The molecule has 2 heterocycles. The van der Waals surface area contributed by atoms with Crippen LogP contribution in [0, 0.1) is 13.8 Å². The minimum absolute atomic E-state index is 0.0501. The Hall–Kier alpha value is -2.72. The maximum absolute atomic E-state index is 13.2. The van der Waals surface area contributed by atoms with Crippen molar-refractivity contribution in [1.29, 1.82) is 0 Å². The zero-order valence-corrected chi connectivity index (χ0v) is 19.5. The molecule has 0 radical (unpaired) electrons. The number of rotatable bonds is 8. The van der Waals surface area contributed by atoms with Crippen LogP contribution in [-0.2, 0) is 21.2 Å². The summed E-state index contributed by atoms with van der Waals surface area (Å²) in [6.45, 7) is 6.50. The van der Waals surface area contributed by atoms with Gasteiger partial charge in [0, 0.05) is 36.5 Å². The molecule has 1 aromatic carbocycles. The number of nitrogens with zero attached hydrogens (tertiary/aromatic N) is 2. The predicted octanol–water partition coefficient (Wildman–Crippen LogP) is 2.53. The number of nitrogens with one attached hydrogen (secondary N) is 2. The lowest BCUT2D eigenvalue weighted by molar-refractivity contribution is -0.116. The van der Waals surface area contributed by atoms with E-state index >= 15 is 0 Å². The quantitative estimate of drug-likeness (QED) is 0.622. The predicted molar refractivity (Wildman–Crippen MR) is 122 cm³/mol. The number of ether oxygens (including phenoxy) is 1. The maximum atomic E-state index is 13.2. The molecule has 10 heteroatoms. The van der Waals surface area contributed by atoms with Crippen LogP contribution in [0.4, 0.5) is 5.69 Å². The van der Waals surface area contributed by atoms with Crippen molar-refractivity contribution in [3.63, 3.8) is 0 Å². The highest BCUT2D eigenvalue weighted by Gasteiger charge is 2.29. The van der Waals surface area contributed by atoms with E-state index in [0.29, 0.717) is 42.5 Å². The third kappa shape index (κ3) is 5.55. The average Bonchev–Trinajstić information content (AvgIpc) is 2.74. The number of sulfonamides is 1. The fourth-order valence-electron chi connectivity index (χ4n) is 3.81. The summed E-state index contributed by atoms with van der Waals surface area (Å²) in [6, 6.07) is 4.62. The van der Waals surface area contributed by atoms with E-state index in [9.17, 15) is 18.0 Å². The summed E-state index contributed by atoms with van der Waals surface area (Å²) >= 11 is 0. The first-order valence-corrected chi connectivity index (χ1v) is 12.3. The number of anilines is 1. The lowest BCUT2D eigenvalue weighted by Gasteiger charge is -2.27. The Labute approximate surface area is 188 Å². The molecule has 32 heavy (non-hydrogen) atoms. The molecule has 1 aliphatic rings. The molecule has 9 nitrogen and oxygen atoms in total. The molecule has 0 unspecified atom stereocenters. The van der Waals surface area contributed by atoms with Gasteiger partial charge in [0.15, 0.2) is 0 Å². The van der Waals surface area contributed by atoms with E-state index in [-0.39, 0.29) is 35.0 Å². The second-order valence-electron chi connectivity index (χ2n) is 7.82. The number of carbonyl (C=O) groups excluding carboxylic acids is 1. The highest BCUT2D eigenvalue weighted by molar-refractivity contribution is 7.89. The van der Waals surface area contributed by atoms with Gasteiger partial charge in [-0.05, 0) is 58.2 Å². The summed E-state index contributed by atoms with van der Waals surface area (Å²) in [5.41, 5.74) is 1.17. The zero-order valence-electron chi connectivity index (χ0n) is 18.7. The van der Waals surface area contributed by atoms with Crippen molar-refractivity contribution in [2.45, 2.75) is 57.8 Å². The monoisotopic (exact) mass is 462 g/mol. The summed E-state index contributed by atoms with van der Waals surface area (Å²) < 4.78 is 33.5. The van der Waals surface area contributed by atoms with E-state index in [1.54, 1.807) is 32.9 Å². The number of aromatic nitrogens is 2. The summed E-state index contributed by atoms with van der Waals surface area (Å²) in [6.07, 6.45) is 2.96. The van der Waals surface area contributed by atoms with E-state index in [2.05, 4.69) is 15.3 Å². The molecule has 0 bridgehead atoms. The second-order valence-corrected chi connectivity index (χ2v) is 9.73. The third-order valence-corrected chi connectivity index (χ3v) is 7.32. The molecular weight excluding hydrogens is 432 g/mol. The second kappa shape index (κ2) is 10.3. The molecule has 1 amide bonds. The first-order valence-electron chi connectivity index (χ1n) is 10.9. The fraction of sp³-hybridized carbons (Fsp3) is 0.500. The van der Waals surface area contributed by atoms with Gasteiger partial charge in [-0.2, -0.15) is 4.31 Å². The average molecular weight is 463 g/mol. The molecule has 2 aromatic rings. The van der Waals surface area contributed by atoms with E-state index in [0.717, 1.165) is 19.3 Å². The van der Waals surface area contributed by atoms with Gasteiger partial charge >= 0.3 is 0 Å². The van der Waals surface area contributed by atoms with Crippen LogP contribution in [0.15, 0.2) is 27.9 Å². The number of H-pyrrole nitrogens is 1. The Kier molecular flexibility index (Phi) is 7.68. The minimum atomic E-state index is -3.74. The standard InChI is InChI=1S/C22H30N4O5S/c1-4-31-19-10-8-17(14-20(19)32(29,30)26-12-6-5-7-13-26)25-21(27)11-9-18-15(2)23-16(3)24-22(18)28/h8,10,14H,4-7,9,11-13H2,1-3H3,(H,25,27)(H,23,24,28). The Bertz CT molecular complexity index is 1140. The van der Waals surface area contributed by atoms with Gasteiger partial charge in [-0.3, -0.25) is 9.59 Å². The lowest BCUT2D eigenvalue weighted by atomic mass is 10.1. The van der Waals surface area contributed by atoms with Crippen LogP contribution in [0.25, 0.3) is 0 Å². The zero-order chi connectivity index (χ0) is 23.3. The molecule has 0 aliphatic carbocycles. The molecule has 174 valence electrons. The van der Waals surface area contributed by atoms with Crippen LogP contribution < -0.4 is 15.6 Å². The van der Waals surface area contributed by atoms with Crippen molar-refractivity contribution in [2.24, 2.45) is 0 Å². The van der Waals surface area contributed by atoms with Crippen molar-refractivity contribution in [3.05, 3.63) is 45.6 Å². The molecule has 1 saturated heterocycles. The summed E-state index contributed by atoms with van der Waals surface area (Å²) in [5, 5.41) is 2.74. The van der Waals surface area contributed by atoms with Gasteiger partial charge in [-0.1, -0.05) is 6.42 Å². The largest absolute Gasteiger partial charge is 0.492 e. The molecule has 0 atom stereocenters. The number of aryl methyl sites for hydroxylation is 2. The van der Waals surface area contributed by atoms with Gasteiger partial charge in [-0.15, -0.1) is 0 Å². The molecule has 1 aromatic heterocycles. The highest BCUT2D eigenvalue weighted by Crippen LogP contribution is 2.31. The summed E-state index contributed by atoms with van der Waals surface area (Å²) in [4.78, 5) is 31.6. The molecule has 0 spiro atoms. The first kappa shape index (κ1) is 23.9. The number of amides is 1. The molecule has 0 saturated carbocycles. The van der Waals surface area contributed by atoms with Crippen molar-refractivity contribution < 1.29 is 17.9 Å². The lowest BCUT2D eigenvalue weighted by Crippen LogP contribution is -2.35. The van der Waals surface area contributed by atoms with Crippen molar-refractivity contribution >= 4 is 21.6 Å². The van der Waals surface area contributed by atoms with Crippen molar-refractivity contribution in [3.8, 4) is 5.75 Å². The van der Waals surface area contributed by atoms with Crippen LogP contribution in [-0.4, -0.2) is 48.3 Å².